The summed E-state index contributed by atoms with van der Waals surface area (Å²) < 4.78 is 10.6. The van der Waals surface area contributed by atoms with Crippen molar-refractivity contribution in [3.8, 4) is 11.5 Å². The standard InChI is InChI=1S/C17H17NO3S/c1-12-4-2-3-5-14(12)18-17(19)10-22-9-13-6-7-15-16(8-13)21-11-20-15/h2-8H,9-11H2,1H3,(H,18,19). The summed E-state index contributed by atoms with van der Waals surface area (Å²) in [5.41, 5.74) is 3.06. The Bertz CT molecular complexity index is 687. The summed E-state index contributed by atoms with van der Waals surface area (Å²) in [6.07, 6.45) is 0. The maximum atomic E-state index is 12.0. The van der Waals surface area contributed by atoms with Gasteiger partial charge in [-0.05, 0) is 36.2 Å². The van der Waals surface area contributed by atoms with E-state index in [1.54, 1.807) is 11.8 Å². The summed E-state index contributed by atoms with van der Waals surface area (Å²) in [5.74, 6) is 2.76. The molecule has 0 aromatic heterocycles. The predicted molar refractivity (Wildman–Crippen MR) is 88.5 cm³/mol. The molecule has 0 saturated carbocycles. The molecule has 0 aliphatic carbocycles. The van der Waals surface area contributed by atoms with Gasteiger partial charge in [0.05, 0.1) is 5.75 Å². The molecule has 22 heavy (non-hydrogen) atoms. The molecule has 0 unspecified atom stereocenters. The van der Waals surface area contributed by atoms with E-state index in [0.29, 0.717) is 5.75 Å². The number of rotatable bonds is 5. The number of hydrogen-bond donors (Lipinski definition) is 1. The number of hydrogen-bond acceptors (Lipinski definition) is 4. The Morgan fingerprint density at radius 2 is 2.00 bits per heavy atom. The molecule has 2 aromatic carbocycles. The summed E-state index contributed by atoms with van der Waals surface area (Å²) in [4.78, 5) is 12.0. The van der Waals surface area contributed by atoms with Gasteiger partial charge in [-0.1, -0.05) is 24.3 Å². The van der Waals surface area contributed by atoms with Crippen molar-refractivity contribution < 1.29 is 14.3 Å². The minimum Gasteiger partial charge on any atom is -0.454 e. The molecule has 3 rings (SSSR count). The fourth-order valence-corrected chi connectivity index (χ4v) is 2.97. The van der Waals surface area contributed by atoms with E-state index in [2.05, 4.69) is 5.32 Å². The van der Waals surface area contributed by atoms with Gasteiger partial charge in [-0.3, -0.25) is 4.79 Å². The number of anilines is 1. The normalized spacial score (nSPS) is 12.2. The largest absolute Gasteiger partial charge is 0.454 e. The lowest BCUT2D eigenvalue weighted by molar-refractivity contribution is -0.113. The van der Waals surface area contributed by atoms with E-state index in [-0.39, 0.29) is 12.7 Å². The van der Waals surface area contributed by atoms with Crippen LogP contribution < -0.4 is 14.8 Å². The summed E-state index contributed by atoms with van der Waals surface area (Å²) in [6, 6.07) is 13.6. The number of amides is 1. The summed E-state index contributed by atoms with van der Waals surface area (Å²) >= 11 is 1.58. The zero-order chi connectivity index (χ0) is 15.4. The average molecular weight is 315 g/mol. The van der Waals surface area contributed by atoms with E-state index in [1.807, 2.05) is 49.4 Å². The molecule has 0 saturated heterocycles. The maximum absolute atomic E-state index is 12.0. The van der Waals surface area contributed by atoms with Crippen LogP contribution in [-0.2, 0) is 10.5 Å². The van der Waals surface area contributed by atoms with Gasteiger partial charge in [-0.25, -0.2) is 0 Å². The van der Waals surface area contributed by atoms with Gasteiger partial charge in [0.1, 0.15) is 0 Å². The van der Waals surface area contributed by atoms with Gasteiger partial charge in [0.2, 0.25) is 12.7 Å². The Morgan fingerprint density at radius 3 is 2.86 bits per heavy atom. The van der Waals surface area contributed by atoms with Gasteiger partial charge < -0.3 is 14.8 Å². The minimum absolute atomic E-state index is 0.0139. The molecule has 0 fully saturated rings. The van der Waals surface area contributed by atoms with Gasteiger partial charge in [0.25, 0.3) is 0 Å². The molecule has 1 N–H and O–H groups in total. The van der Waals surface area contributed by atoms with Crippen molar-refractivity contribution in [1.82, 2.24) is 0 Å². The number of carbonyl (C=O) groups is 1. The molecule has 0 radical (unpaired) electrons. The lowest BCUT2D eigenvalue weighted by atomic mass is 10.2. The Morgan fingerprint density at radius 1 is 1.18 bits per heavy atom. The van der Waals surface area contributed by atoms with Gasteiger partial charge in [-0.2, -0.15) is 0 Å². The van der Waals surface area contributed by atoms with Crippen LogP contribution in [0.3, 0.4) is 0 Å². The zero-order valence-corrected chi connectivity index (χ0v) is 13.1. The van der Waals surface area contributed by atoms with E-state index >= 15 is 0 Å². The number of benzene rings is 2. The van der Waals surface area contributed by atoms with Crippen molar-refractivity contribution >= 4 is 23.4 Å². The Labute approximate surface area is 133 Å². The highest BCUT2D eigenvalue weighted by molar-refractivity contribution is 7.99. The number of aryl methyl sites for hydroxylation is 1. The Kier molecular flexibility index (Phi) is 4.53. The first-order valence-electron chi connectivity index (χ1n) is 7.04. The van der Waals surface area contributed by atoms with Gasteiger partial charge >= 0.3 is 0 Å². The number of para-hydroxylation sites is 1. The fraction of sp³-hybridized carbons (Fsp3) is 0.235. The average Bonchev–Trinajstić information content (AvgIpc) is 2.97. The first-order chi connectivity index (χ1) is 10.7. The summed E-state index contributed by atoms with van der Waals surface area (Å²) in [5, 5.41) is 2.93. The van der Waals surface area contributed by atoms with Crippen LogP contribution in [-0.4, -0.2) is 18.5 Å². The highest BCUT2D eigenvalue weighted by atomic mass is 32.2. The van der Waals surface area contributed by atoms with Crippen molar-refractivity contribution in [1.29, 1.82) is 0 Å². The topological polar surface area (TPSA) is 47.6 Å². The first kappa shape index (κ1) is 14.8. The molecule has 0 spiro atoms. The minimum atomic E-state index is 0.0139. The van der Waals surface area contributed by atoms with E-state index in [1.165, 1.54) is 0 Å². The smallest absolute Gasteiger partial charge is 0.234 e. The van der Waals surface area contributed by atoms with Crippen LogP contribution in [0.4, 0.5) is 5.69 Å². The quantitative estimate of drug-likeness (QED) is 0.916. The second kappa shape index (κ2) is 6.75. The third kappa shape index (κ3) is 3.54. The lowest BCUT2D eigenvalue weighted by Gasteiger charge is -2.08. The highest BCUT2D eigenvalue weighted by Crippen LogP contribution is 2.33. The molecule has 0 atom stereocenters. The van der Waals surface area contributed by atoms with Gasteiger partial charge in [-0.15, -0.1) is 11.8 Å². The van der Waals surface area contributed by atoms with E-state index in [9.17, 15) is 4.79 Å². The molecular weight excluding hydrogens is 298 g/mol. The van der Waals surface area contributed by atoms with E-state index in [0.717, 1.165) is 34.1 Å². The number of nitrogens with one attached hydrogen (secondary N) is 1. The van der Waals surface area contributed by atoms with Gasteiger partial charge in [0.15, 0.2) is 11.5 Å². The van der Waals surface area contributed by atoms with Crippen LogP contribution in [0, 0.1) is 6.92 Å². The maximum Gasteiger partial charge on any atom is 0.234 e. The molecule has 5 heteroatoms. The fourth-order valence-electron chi connectivity index (χ4n) is 2.19. The molecule has 114 valence electrons. The number of fused-ring (bicyclic) bond motifs is 1. The molecule has 1 heterocycles. The van der Waals surface area contributed by atoms with Gasteiger partial charge in [0, 0.05) is 11.4 Å². The molecule has 1 aliphatic heterocycles. The van der Waals surface area contributed by atoms with Crippen molar-refractivity contribution in [2.24, 2.45) is 0 Å². The first-order valence-corrected chi connectivity index (χ1v) is 8.19. The Balaban J connectivity index is 1.49. The van der Waals surface area contributed by atoms with Crippen LogP contribution in [0.25, 0.3) is 0 Å². The summed E-state index contributed by atoms with van der Waals surface area (Å²) in [6.45, 7) is 2.26. The van der Waals surface area contributed by atoms with Crippen molar-refractivity contribution in [2.45, 2.75) is 12.7 Å². The number of carbonyl (C=O) groups excluding carboxylic acids is 1. The van der Waals surface area contributed by atoms with E-state index < -0.39 is 0 Å². The summed E-state index contributed by atoms with van der Waals surface area (Å²) in [7, 11) is 0. The van der Waals surface area contributed by atoms with Crippen molar-refractivity contribution in [3.05, 3.63) is 53.6 Å². The Hall–Kier alpha value is -2.14. The molecule has 1 aliphatic rings. The third-order valence-corrected chi connectivity index (χ3v) is 4.36. The molecule has 1 amide bonds. The second-order valence-electron chi connectivity index (χ2n) is 5.04. The second-order valence-corrected chi connectivity index (χ2v) is 6.03. The van der Waals surface area contributed by atoms with Crippen LogP contribution in [0.1, 0.15) is 11.1 Å². The van der Waals surface area contributed by atoms with Crippen molar-refractivity contribution in [2.75, 3.05) is 17.9 Å². The molecule has 0 bridgehead atoms. The molecular formula is C17H17NO3S. The number of thioether (sulfide) groups is 1. The van der Waals surface area contributed by atoms with Crippen LogP contribution in [0.15, 0.2) is 42.5 Å². The van der Waals surface area contributed by atoms with Crippen LogP contribution in [0.2, 0.25) is 0 Å². The SMILES string of the molecule is Cc1ccccc1NC(=O)CSCc1ccc2c(c1)OCO2. The molecule has 4 nitrogen and oxygen atoms in total. The molecule has 2 aromatic rings. The van der Waals surface area contributed by atoms with Crippen LogP contribution >= 0.6 is 11.8 Å². The lowest BCUT2D eigenvalue weighted by Crippen LogP contribution is -2.14. The monoisotopic (exact) mass is 315 g/mol. The van der Waals surface area contributed by atoms with E-state index in [4.69, 9.17) is 9.47 Å². The van der Waals surface area contributed by atoms with Crippen LogP contribution in [0.5, 0.6) is 11.5 Å². The van der Waals surface area contributed by atoms with Crippen molar-refractivity contribution in [3.63, 3.8) is 0 Å². The highest BCUT2D eigenvalue weighted by Gasteiger charge is 2.13. The third-order valence-electron chi connectivity index (χ3n) is 3.36. The zero-order valence-electron chi connectivity index (χ0n) is 12.3. The number of ether oxygens (including phenoxy) is 2. The predicted octanol–water partition coefficient (Wildman–Crippen LogP) is 3.60.